The summed E-state index contributed by atoms with van der Waals surface area (Å²) in [4.78, 5) is 21.1. The van der Waals surface area contributed by atoms with E-state index in [1.54, 1.807) is 4.90 Å². The fourth-order valence-electron chi connectivity index (χ4n) is 2.85. The molecule has 0 atom stereocenters. The third-order valence-electron chi connectivity index (χ3n) is 4.17. The fraction of sp³-hybridized carbons (Fsp3) is 0.900. The van der Waals surface area contributed by atoms with Crippen LogP contribution in [0.15, 0.2) is 4.99 Å². The number of hydrogen-bond donors (Lipinski definition) is 2. The molecule has 0 saturated carbocycles. The van der Waals surface area contributed by atoms with Crippen molar-refractivity contribution in [1.82, 2.24) is 20.4 Å². The number of nitrogens with zero attached hydrogens (tertiary/aromatic N) is 3. The molecule has 0 spiro atoms. The summed E-state index contributed by atoms with van der Waals surface area (Å²) in [6, 6.07) is 0. The minimum atomic E-state index is -0.479. The zero-order chi connectivity index (χ0) is 20.8. The smallest absolute Gasteiger partial charge is 0.410 e. The predicted molar refractivity (Wildman–Crippen MR) is 129 cm³/mol. The Balaban J connectivity index is 0.00000784. The van der Waals surface area contributed by atoms with Crippen molar-refractivity contribution >= 4 is 36.0 Å². The molecule has 0 unspecified atom stereocenters. The van der Waals surface area contributed by atoms with Gasteiger partial charge in [0, 0.05) is 52.4 Å². The lowest BCUT2D eigenvalue weighted by molar-refractivity contribution is 0.0253. The first kappa shape index (κ1) is 28.2. The summed E-state index contributed by atoms with van der Waals surface area (Å²) in [5.41, 5.74) is -0.479. The Morgan fingerprint density at radius 2 is 1.86 bits per heavy atom. The fourth-order valence-corrected chi connectivity index (χ4v) is 2.85. The Hall–Kier alpha value is -0.810. The predicted octanol–water partition coefficient (Wildman–Crippen LogP) is 2.53. The van der Waals surface area contributed by atoms with Crippen molar-refractivity contribution in [2.45, 2.75) is 53.1 Å². The second kappa shape index (κ2) is 16.0. The Kier molecular flexibility index (Phi) is 15.5. The van der Waals surface area contributed by atoms with Crippen molar-refractivity contribution in [3.05, 3.63) is 0 Å². The van der Waals surface area contributed by atoms with Gasteiger partial charge in [-0.25, -0.2) is 4.79 Å². The summed E-state index contributed by atoms with van der Waals surface area (Å²) in [5.74, 6) is 0.796. The van der Waals surface area contributed by atoms with Gasteiger partial charge in [-0.05, 0) is 40.5 Å². The summed E-state index contributed by atoms with van der Waals surface area (Å²) >= 11 is 0. The highest BCUT2D eigenvalue weighted by molar-refractivity contribution is 14.0. The lowest BCUT2D eigenvalue weighted by Gasteiger charge is -2.27. The molecular weight excluding hydrogens is 485 g/mol. The second-order valence-corrected chi connectivity index (χ2v) is 7.96. The maximum Gasteiger partial charge on any atom is 0.410 e. The molecule has 29 heavy (non-hydrogen) atoms. The van der Waals surface area contributed by atoms with Gasteiger partial charge < -0.3 is 25.0 Å². The van der Waals surface area contributed by atoms with Crippen LogP contribution >= 0.6 is 24.0 Å². The zero-order valence-corrected chi connectivity index (χ0v) is 21.3. The third kappa shape index (κ3) is 13.9. The van der Waals surface area contributed by atoms with Crippen LogP contribution in [0.1, 0.15) is 47.5 Å². The molecule has 0 aromatic heterocycles. The Labute approximate surface area is 194 Å². The molecule has 1 rings (SSSR count). The van der Waals surface area contributed by atoms with Crippen LogP contribution in [0.5, 0.6) is 0 Å². The van der Waals surface area contributed by atoms with E-state index in [0.717, 1.165) is 64.7 Å². The highest BCUT2D eigenvalue weighted by Gasteiger charge is 2.21. The van der Waals surface area contributed by atoms with Gasteiger partial charge in [-0.2, -0.15) is 0 Å². The van der Waals surface area contributed by atoms with Crippen LogP contribution in [0.4, 0.5) is 4.79 Å². The number of carbonyl (C=O) groups excluding carboxylic acids is 1. The van der Waals surface area contributed by atoms with Gasteiger partial charge in [-0.1, -0.05) is 6.92 Å². The standard InChI is InChI=1S/C20H41N5O3.HI/c1-6-11-25(19(26)28-20(3,4)5)13-10-23-18(21-7-2)22-9-8-12-24-14-16-27-17-15-24;/h6-17H2,1-5H3,(H2,21,22,23);1H. The summed E-state index contributed by atoms with van der Waals surface area (Å²) in [6.45, 7) is 18.0. The summed E-state index contributed by atoms with van der Waals surface area (Å²) < 4.78 is 10.9. The lowest BCUT2D eigenvalue weighted by Crippen LogP contribution is -2.44. The number of nitrogens with one attached hydrogen (secondary N) is 2. The van der Waals surface area contributed by atoms with Gasteiger partial charge in [-0.15, -0.1) is 24.0 Å². The van der Waals surface area contributed by atoms with Crippen LogP contribution in [-0.4, -0.2) is 93.0 Å². The van der Waals surface area contributed by atoms with Gasteiger partial charge in [0.1, 0.15) is 5.60 Å². The number of carbonyl (C=O) groups is 1. The molecule has 0 aromatic carbocycles. The number of morpholine rings is 1. The van der Waals surface area contributed by atoms with Gasteiger partial charge in [0.05, 0.1) is 13.2 Å². The summed E-state index contributed by atoms with van der Waals surface area (Å²) in [5, 5.41) is 6.59. The van der Waals surface area contributed by atoms with E-state index in [2.05, 4.69) is 34.4 Å². The minimum absolute atomic E-state index is 0. The van der Waals surface area contributed by atoms with Gasteiger partial charge >= 0.3 is 6.09 Å². The number of halogens is 1. The Bertz CT molecular complexity index is 466. The summed E-state index contributed by atoms with van der Waals surface area (Å²) in [6.07, 6.45) is 1.66. The van der Waals surface area contributed by atoms with E-state index in [1.807, 2.05) is 20.8 Å². The first-order valence-corrected chi connectivity index (χ1v) is 10.7. The average molecular weight is 527 g/mol. The highest BCUT2D eigenvalue weighted by atomic mass is 127. The summed E-state index contributed by atoms with van der Waals surface area (Å²) in [7, 11) is 0. The Morgan fingerprint density at radius 1 is 1.17 bits per heavy atom. The largest absolute Gasteiger partial charge is 0.444 e. The molecule has 1 heterocycles. The molecule has 8 nitrogen and oxygen atoms in total. The van der Waals surface area contributed by atoms with Crippen LogP contribution in [0.25, 0.3) is 0 Å². The van der Waals surface area contributed by atoms with Crippen LogP contribution in [0.3, 0.4) is 0 Å². The zero-order valence-electron chi connectivity index (χ0n) is 19.0. The molecule has 1 aliphatic heterocycles. The molecule has 0 bridgehead atoms. The lowest BCUT2D eigenvalue weighted by atomic mass is 10.2. The van der Waals surface area contributed by atoms with Gasteiger partial charge in [0.15, 0.2) is 5.96 Å². The molecule has 0 radical (unpaired) electrons. The van der Waals surface area contributed by atoms with E-state index in [-0.39, 0.29) is 30.1 Å². The first-order chi connectivity index (χ1) is 13.4. The topological polar surface area (TPSA) is 78.4 Å². The molecule has 1 fully saturated rings. The van der Waals surface area contributed by atoms with Crippen molar-refractivity contribution in [2.24, 2.45) is 4.99 Å². The van der Waals surface area contributed by atoms with Crippen molar-refractivity contribution < 1.29 is 14.3 Å². The van der Waals surface area contributed by atoms with Crippen LogP contribution in [0.2, 0.25) is 0 Å². The molecule has 172 valence electrons. The molecule has 2 N–H and O–H groups in total. The molecule has 1 aliphatic rings. The highest BCUT2D eigenvalue weighted by Crippen LogP contribution is 2.10. The molecule has 9 heteroatoms. The van der Waals surface area contributed by atoms with E-state index < -0.39 is 5.60 Å². The normalized spacial score (nSPS) is 15.4. The van der Waals surface area contributed by atoms with E-state index in [0.29, 0.717) is 19.6 Å². The van der Waals surface area contributed by atoms with Gasteiger partial charge in [-0.3, -0.25) is 9.89 Å². The number of aliphatic imine (C=N–C) groups is 1. The molecular formula is C20H42IN5O3. The van der Waals surface area contributed by atoms with E-state index >= 15 is 0 Å². The van der Waals surface area contributed by atoms with E-state index in [4.69, 9.17) is 9.47 Å². The second-order valence-electron chi connectivity index (χ2n) is 7.96. The van der Waals surface area contributed by atoms with Gasteiger partial charge in [0.2, 0.25) is 0 Å². The maximum absolute atomic E-state index is 12.3. The SMILES string of the molecule is CCCN(CCNC(=NCCCN1CCOCC1)NCC)C(=O)OC(C)(C)C.I. The third-order valence-corrected chi connectivity index (χ3v) is 4.17. The number of rotatable bonds is 10. The van der Waals surface area contributed by atoms with Crippen LogP contribution in [0, 0.1) is 0 Å². The number of guanidine groups is 1. The van der Waals surface area contributed by atoms with Gasteiger partial charge in [0.25, 0.3) is 0 Å². The molecule has 0 aromatic rings. The van der Waals surface area contributed by atoms with Crippen molar-refractivity contribution in [2.75, 3.05) is 65.6 Å². The van der Waals surface area contributed by atoms with Crippen LogP contribution in [-0.2, 0) is 9.47 Å². The minimum Gasteiger partial charge on any atom is -0.444 e. The van der Waals surface area contributed by atoms with E-state index in [9.17, 15) is 4.79 Å². The monoisotopic (exact) mass is 527 g/mol. The number of ether oxygens (including phenoxy) is 2. The first-order valence-electron chi connectivity index (χ1n) is 10.7. The molecule has 0 aliphatic carbocycles. The van der Waals surface area contributed by atoms with Crippen molar-refractivity contribution in [3.63, 3.8) is 0 Å². The number of amides is 1. The molecule has 1 amide bonds. The number of hydrogen-bond acceptors (Lipinski definition) is 5. The van der Waals surface area contributed by atoms with Crippen molar-refractivity contribution in [1.29, 1.82) is 0 Å². The quantitative estimate of drug-likeness (QED) is 0.197. The molecule has 1 saturated heterocycles. The average Bonchev–Trinajstić information content (AvgIpc) is 2.64. The van der Waals surface area contributed by atoms with E-state index in [1.165, 1.54) is 0 Å². The Morgan fingerprint density at radius 3 is 2.45 bits per heavy atom. The maximum atomic E-state index is 12.3. The van der Waals surface area contributed by atoms with Crippen LogP contribution < -0.4 is 10.6 Å². The van der Waals surface area contributed by atoms with Crippen molar-refractivity contribution in [3.8, 4) is 0 Å².